The van der Waals surface area contributed by atoms with Crippen LogP contribution in [-0.2, 0) is 18.6 Å². The van der Waals surface area contributed by atoms with Crippen molar-refractivity contribution in [1.82, 2.24) is 4.98 Å². The predicted octanol–water partition coefficient (Wildman–Crippen LogP) is 2.71. The van der Waals surface area contributed by atoms with Gasteiger partial charge in [-0.3, -0.25) is 4.79 Å². The summed E-state index contributed by atoms with van der Waals surface area (Å²) < 4.78 is 5.56. The second-order valence-corrected chi connectivity index (χ2v) is 6.13. The molecule has 2 rings (SSSR count). The quantitative estimate of drug-likeness (QED) is 0.908. The molecule has 21 heavy (non-hydrogen) atoms. The second-order valence-electron chi connectivity index (χ2n) is 6.13. The Bertz CT molecular complexity index is 652. The summed E-state index contributed by atoms with van der Waals surface area (Å²) in [5.74, 6) is 0.312. The Labute approximate surface area is 125 Å². The lowest BCUT2D eigenvalue weighted by Gasteiger charge is -2.19. The van der Waals surface area contributed by atoms with Crippen molar-refractivity contribution < 1.29 is 4.74 Å². The molecule has 1 aromatic carbocycles. The van der Waals surface area contributed by atoms with Gasteiger partial charge in [-0.2, -0.15) is 0 Å². The average Bonchev–Trinajstić information content (AvgIpc) is 2.45. The summed E-state index contributed by atoms with van der Waals surface area (Å²) in [6.45, 7) is 7.21. The Hall–Kier alpha value is -2.07. The van der Waals surface area contributed by atoms with Crippen LogP contribution in [0.15, 0.2) is 41.3 Å². The van der Waals surface area contributed by atoms with Crippen molar-refractivity contribution in [2.75, 3.05) is 0 Å². The van der Waals surface area contributed by atoms with E-state index in [1.54, 1.807) is 6.20 Å². The van der Waals surface area contributed by atoms with Gasteiger partial charge in [0, 0.05) is 24.5 Å². The van der Waals surface area contributed by atoms with Crippen molar-refractivity contribution >= 4 is 0 Å². The van der Waals surface area contributed by atoms with Crippen molar-refractivity contribution in [3.8, 4) is 5.75 Å². The molecule has 0 fully saturated rings. The lowest BCUT2D eigenvalue weighted by atomic mass is 9.87. The normalized spacial score (nSPS) is 11.4. The van der Waals surface area contributed by atoms with Crippen LogP contribution in [0.25, 0.3) is 0 Å². The third-order valence-corrected chi connectivity index (χ3v) is 3.37. The maximum absolute atomic E-state index is 11.8. The van der Waals surface area contributed by atoms with Gasteiger partial charge in [0.15, 0.2) is 5.75 Å². The number of nitrogens with two attached hydrogens (primary N) is 1. The first-order valence-corrected chi connectivity index (χ1v) is 7.04. The number of aromatic nitrogens is 1. The smallest absolute Gasteiger partial charge is 0.223 e. The standard InChI is InChI=1S/C17H22N2O2/c1-17(2,3)13-6-4-12(5-7-13)11-21-16-10-19-14(9-18)8-15(16)20/h4-8,10H,9,11,18H2,1-3H3,(H,19,20). The van der Waals surface area contributed by atoms with Gasteiger partial charge in [0.2, 0.25) is 5.43 Å². The number of aromatic amines is 1. The topological polar surface area (TPSA) is 68.1 Å². The summed E-state index contributed by atoms with van der Waals surface area (Å²) in [6, 6.07) is 9.73. The van der Waals surface area contributed by atoms with Crippen LogP contribution in [-0.4, -0.2) is 4.98 Å². The Balaban J connectivity index is 2.05. The molecule has 0 radical (unpaired) electrons. The molecule has 112 valence electrons. The van der Waals surface area contributed by atoms with Crippen LogP contribution >= 0.6 is 0 Å². The summed E-state index contributed by atoms with van der Waals surface area (Å²) in [5.41, 5.74) is 8.46. The van der Waals surface area contributed by atoms with E-state index in [4.69, 9.17) is 10.5 Å². The number of pyridine rings is 1. The summed E-state index contributed by atoms with van der Waals surface area (Å²) in [4.78, 5) is 14.7. The molecule has 4 heteroatoms. The number of rotatable bonds is 4. The first kappa shape index (κ1) is 15.3. The van der Waals surface area contributed by atoms with Crippen LogP contribution in [0.5, 0.6) is 5.75 Å². The monoisotopic (exact) mass is 286 g/mol. The maximum Gasteiger partial charge on any atom is 0.223 e. The fourth-order valence-electron chi connectivity index (χ4n) is 1.99. The molecule has 0 aliphatic carbocycles. The Morgan fingerprint density at radius 2 is 1.86 bits per heavy atom. The number of hydrogen-bond donors (Lipinski definition) is 2. The van der Waals surface area contributed by atoms with E-state index in [9.17, 15) is 4.79 Å². The van der Waals surface area contributed by atoms with Crippen molar-refractivity contribution in [2.45, 2.75) is 39.3 Å². The third-order valence-electron chi connectivity index (χ3n) is 3.37. The Kier molecular flexibility index (Phi) is 4.48. The molecule has 0 amide bonds. The molecule has 1 aromatic heterocycles. The van der Waals surface area contributed by atoms with E-state index >= 15 is 0 Å². The van der Waals surface area contributed by atoms with Gasteiger partial charge in [-0.05, 0) is 16.5 Å². The molecule has 0 saturated carbocycles. The van der Waals surface area contributed by atoms with E-state index in [1.165, 1.54) is 11.6 Å². The fourth-order valence-corrected chi connectivity index (χ4v) is 1.99. The van der Waals surface area contributed by atoms with E-state index in [1.807, 2.05) is 12.1 Å². The summed E-state index contributed by atoms with van der Waals surface area (Å²) in [6.07, 6.45) is 1.56. The summed E-state index contributed by atoms with van der Waals surface area (Å²) in [7, 11) is 0. The molecule has 2 aromatic rings. The molecule has 0 aliphatic heterocycles. The minimum Gasteiger partial charge on any atom is -0.483 e. The van der Waals surface area contributed by atoms with Gasteiger partial charge in [0.05, 0.1) is 0 Å². The highest BCUT2D eigenvalue weighted by molar-refractivity contribution is 5.28. The molecule has 3 N–H and O–H groups in total. The molecule has 0 spiro atoms. The van der Waals surface area contributed by atoms with Crippen molar-refractivity contribution in [1.29, 1.82) is 0 Å². The van der Waals surface area contributed by atoms with E-state index in [-0.39, 0.29) is 10.8 Å². The summed E-state index contributed by atoms with van der Waals surface area (Å²) >= 11 is 0. The molecule has 0 unspecified atom stereocenters. The average molecular weight is 286 g/mol. The molecule has 1 heterocycles. The first-order chi connectivity index (χ1) is 9.90. The van der Waals surface area contributed by atoms with Crippen molar-refractivity contribution in [3.05, 3.63) is 63.6 Å². The maximum atomic E-state index is 11.8. The van der Waals surface area contributed by atoms with Crippen LogP contribution in [0.1, 0.15) is 37.6 Å². The van der Waals surface area contributed by atoms with E-state index in [2.05, 4.69) is 37.9 Å². The molecular weight excluding hydrogens is 264 g/mol. The minimum atomic E-state index is -0.152. The SMILES string of the molecule is CC(C)(C)c1ccc(COc2c[nH]c(CN)cc2=O)cc1. The van der Waals surface area contributed by atoms with Crippen molar-refractivity contribution in [2.24, 2.45) is 5.73 Å². The highest BCUT2D eigenvalue weighted by Gasteiger charge is 2.12. The van der Waals surface area contributed by atoms with Crippen LogP contribution in [0.2, 0.25) is 0 Å². The Morgan fingerprint density at radius 1 is 1.19 bits per heavy atom. The zero-order chi connectivity index (χ0) is 15.5. The number of benzene rings is 1. The largest absolute Gasteiger partial charge is 0.483 e. The van der Waals surface area contributed by atoms with Crippen LogP contribution in [0.4, 0.5) is 0 Å². The van der Waals surface area contributed by atoms with Crippen LogP contribution in [0, 0.1) is 0 Å². The van der Waals surface area contributed by atoms with Crippen molar-refractivity contribution in [3.63, 3.8) is 0 Å². The lowest BCUT2D eigenvalue weighted by Crippen LogP contribution is -2.12. The highest BCUT2D eigenvalue weighted by atomic mass is 16.5. The minimum absolute atomic E-state index is 0.134. The van der Waals surface area contributed by atoms with E-state index in [0.29, 0.717) is 24.6 Å². The Morgan fingerprint density at radius 3 is 2.38 bits per heavy atom. The first-order valence-electron chi connectivity index (χ1n) is 7.04. The predicted molar refractivity (Wildman–Crippen MR) is 84.4 cm³/mol. The van der Waals surface area contributed by atoms with Gasteiger partial charge in [0.25, 0.3) is 0 Å². The van der Waals surface area contributed by atoms with Gasteiger partial charge in [-0.1, -0.05) is 45.0 Å². The summed E-state index contributed by atoms with van der Waals surface area (Å²) in [5, 5.41) is 0. The number of nitrogens with one attached hydrogen (secondary N) is 1. The molecule has 0 saturated heterocycles. The fraction of sp³-hybridized carbons (Fsp3) is 0.353. The van der Waals surface area contributed by atoms with E-state index < -0.39 is 0 Å². The molecule has 0 atom stereocenters. The molecule has 0 aliphatic rings. The van der Waals surface area contributed by atoms with Gasteiger partial charge >= 0.3 is 0 Å². The zero-order valence-corrected chi connectivity index (χ0v) is 12.8. The van der Waals surface area contributed by atoms with Gasteiger partial charge in [-0.15, -0.1) is 0 Å². The number of hydrogen-bond acceptors (Lipinski definition) is 3. The van der Waals surface area contributed by atoms with Gasteiger partial charge in [0.1, 0.15) is 6.61 Å². The van der Waals surface area contributed by atoms with Crippen LogP contribution < -0.4 is 15.9 Å². The molecule has 0 bridgehead atoms. The molecule has 4 nitrogen and oxygen atoms in total. The highest BCUT2D eigenvalue weighted by Crippen LogP contribution is 2.22. The molecular formula is C17H22N2O2. The van der Waals surface area contributed by atoms with Gasteiger partial charge < -0.3 is 15.5 Å². The lowest BCUT2D eigenvalue weighted by molar-refractivity contribution is 0.302. The van der Waals surface area contributed by atoms with E-state index in [0.717, 1.165) is 5.56 Å². The zero-order valence-electron chi connectivity index (χ0n) is 12.8. The van der Waals surface area contributed by atoms with Crippen LogP contribution in [0.3, 0.4) is 0 Å². The number of H-pyrrole nitrogens is 1. The van der Waals surface area contributed by atoms with Gasteiger partial charge in [-0.25, -0.2) is 0 Å². The number of ether oxygens (including phenoxy) is 1. The second kappa shape index (κ2) is 6.14. The third kappa shape index (κ3) is 3.95.